The molecule has 1 heterocycles. The summed E-state index contributed by atoms with van der Waals surface area (Å²) in [7, 11) is 0. The molecule has 0 aromatic carbocycles. The van der Waals surface area contributed by atoms with Crippen LogP contribution in [-0.2, 0) is 13.1 Å². The Hall–Kier alpha value is -1.34. The minimum absolute atomic E-state index is 0.306. The molecule has 0 aliphatic heterocycles. The lowest BCUT2D eigenvalue weighted by Crippen LogP contribution is -2.27. The van der Waals surface area contributed by atoms with E-state index < -0.39 is 0 Å². The van der Waals surface area contributed by atoms with Crippen LogP contribution in [0.2, 0.25) is 0 Å². The Balaban J connectivity index is 2.35. The fourth-order valence-electron chi connectivity index (χ4n) is 1.41. The summed E-state index contributed by atoms with van der Waals surface area (Å²) in [5.41, 5.74) is 0.863. The van der Waals surface area contributed by atoms with E-state index in [9.17, 15) is 0 Å². The average molecular weight is 220 g/mol. The van der Waals surface area contributed by atoms with E-state index in [0.717, 1.165) is 19.5 Å². The summed E-state index contributed by atoms with van der Waals surface area (Å²) in [5.74, 6) is 0. The lowest BCUT2D eigenvalue weighted by molar-refractivity contribution is 0.445. The van der Waals surface area contributed by atoms with Crippen LogP contribution in [0.15, 0.2) is 12.4 Å². The van der Waals surface area contributed by atoms with Crippen molar-refractivity contribution in [3.8, 4) is 6.07 Å². The number of rotatable bonds is 6. The molecule has 16 heavy (non-hydrogen) atoms. The van der Waals surface area contributed by atoms with E-state index >= 15 is 0 Å². The van der Waals surface area contributed by atoms with Crippen molar-refractivity contribution in [2.45, 2.75) is 40.3 Å². The van der Waals surface area contributed by atoms with Crippen molar-refractivity contribution in [1.82, 2.24) is 15.1 Å². The Kier molecular flexibility index (Phi) is 4.51. The minimum Gasteiger partial charge on any atom is -0.311 e. The van der Waals surface area contributed by atoms with Crippen LogP contribution < -0.4 is 5.32 Å². The maximum absolute atomic E-state index is 8.86. The Morgan fingerprint density at radius 1 is 1.56 bits per heavy atom. The normalized spacial score (nSPS) is 11.4. The van der Waals surface area contributed by atoms with Crippen LogP contribution in [0.3, 0.4) is 0 Å². The lowest BCUT2D eigenvalue weighted by atomic mass is 9.96. The summed E-state index contributed by atoms with van der Waals surface area (Å²) in [6.07, 6.45) is 5.02. The van der Waals surface area contributed by atoms with E-state index in [-0.39, 0.29) is 5.41 Å². The molecule has 1 aromatic heterocycles. The van der Waals surface area contributed by atoms with E-state index in [1.54, 1.807) is 0 Å². The summed E-state index contributed by atoms with van der Waals surface area (Å²) >= 11 is 0. The molecule has 4 nitrogen and oxygen atoms in total. The van der Waals surface area contributed by atoms with Gasteiger partial charge in [-0.25, -0.2) is 0 Å². The molecule has 0 atom stereocenters. The molecule has 4 heteroatoms. The monoisotopic (exact) mass is 220 g/mol. The second kappa shape index (κ2) is 5.66. The summed E-state index contributed by atoms with van der Waals surface area (Å²) in [4.78, 5) is 0. The van der Waals surface area contributed by atoms with Crippen LogP contribution in [0.25, 0.3) is 0 Å². The summed E-state index contributed by atoms with van der Waals surface area (Å²) in [6.45, 7) is 8.43. The fraction of sp³-hybridized carbons (Fsp3) is 0.667. The highest BCUT2D eigenvalue weighted by Gasteiger charge is 2.15. The second-order valence-corrected chi connectivity index (χ2v) is 4.71. The predicted octanol–water partition coefficient (Wildman–Crippen LogP) is 1.93. The molecule has 0 fully saturated rings. The van der Waals surface area contributed by atoms with Gasteiger partial charge in [-0.2, -0.15) is 10.4 Å². The highest BCUT2D eigenvalue weighted by molar-refractivity contribution is 5.04. The van der Waals surface area contributed by atoms with Gasteiger partial charge in [0, 0.05) is 31.4 Å². The molecular weight excluding hydrogens is 200 g/mol. The highest BCUT2D eigenvalue weighted by atomic mass is 15.3. The van der Waals surface area contributed by atoms with Crippen molar-refractivity contribution >= 4 is 0 Å². The third-order valence-corrected chi connectivity index (χ3v) is 2.34. The van der Waals surface area contributed by atoms with Crippen molar-refractivity contribution in [2.75, 3.05) is 6.54 Å². The molecule has 88 valence electrons. The van der Waals surface area contributed by atoms with E-state index in [2.05, 4.69) is 29.6 Å². The average Bonchev–Trinajstić information content (AvgIpc) is 2.66. The molecule has 0 amide bonds. The molecule has 0 saturated carbocycles. The van der Waals surface area contributed by atoms with Gasteiger partial charge in [-0.3, -0.25) is 4.68 Å². The van der Waals surface area contributed by atoms with Crippen molar-refractivity contribution < 1.29 is 0 Å². The first kappa shape index (κ1) is 12.7. The number of nitrogens with zero attached hydrogens (tertiary/aromatic N) is 3. The van der Waals surface area contributed by atoms with Gasteiger partial charge < -0.3 is 5.32 Å². The van der Waals surface area contributed by atoms with Crippen molar-refractivity contribution in [2.24, 2.45) is 5.41 Å². The first-order valence-corrected chi connectivity index (χ1v) is 5.70. The zero-order chi connectivity index (χ0) is 12.0. The maximum atomic E-state index is 8.86. The van der Waals surface area contributed by atoms with E-state index in [4.69, 9.17) is 5.26 Å². The van der Waals surface area contributed by atoms with Gasteiger partial charge in [0.25, 0.3) is 0 Å². The second-order valence-electron chi connectivity index (χ2n) is 4.71. The smallest absolute Gasteiger partial charge is 0.0697 e. The number of hydrogen-bond acceptors (Lipinski definition) is 3. The highest BCUT2D eigenvalue weighted by Crippen LogP contribution is 2.10. The Morgan fingerprint density at radius 3 is 2.94 bits per heavy atom. The quantitative estimate of drug-likeness (QED) is 0.797. The number of nitrogens with one attached hydrogen (secondary N) is 1. The van der Waals surface area contributed by atoms with Crippen molar-refractivity contribution in [3.63, 3.8) is 0 Å². The maximum Gasteiger partial charge on any atom is 0.0697 e. The van der Waals surface area contributed by atoms with Crippen LogP contribution in [-0.4, -0.2) is 16.3 Å². The molecule has 1 aromatic rings. The molecule has 1 rings (SSSR count). The molecular formula is C12H20N4. The van der Waals surface area contributed by atoms with Gasteiger partial charge in [0.05, 0.1) is 17.7 Å². The Labute approximate surface area is 97.3 Å². The van der Waals surface area contributed by atoms with E-state index in [0.29, 0.717) is 6.54 Å². The van der Waals surface area contributed by atoms with Gasteiger partial charge >= 0.3 is 0 Å². The van der Waals surface area contributed by atoms with Gasteiger partial charge in [0.1, 0.15) is 0 Å². The largest absolute Gasteiger partial charge is 0.311 e. The van der Waals surface area contributed by atoms with Gasteiger partial charge in [-0.05, 0) is 20.3 Å². The first-order chi connectivity index (χ1) is 7.57. The molecule has 0 aliphatic carbocycles. The Bertz CT molecular complexity index is 359. The zero-order valence-electron chi connectivity index (χ0n) is 10.3. The van der Waals surface area contributed by atoms with Crippen LogP contribution in [0.5, 0.6) is 0 Å². The van der Waals surface area contributed by atoms with Gasteiger partial charge in [-0.15, -0.1) is 0 Å². The summed E-state index contributed by atoms with van der Waals surface area (Å²) in [6, 6.07) is 2.27. The number of aromatic nitrogens is 2. The van der Waals surface area contributed by atoms with Gasteiger partial charge in [-0.1, -0.05) is 6.92 Å². The zero-order valence-corrected chi connectivity index (χ0v) is 10.3. The molecule has 1 N–H and O–H groups in total. The number of nitriles is 1. The standard InChI is InChI=1S/C12H20N4/c1-4-5-16-8-11(7-15-16)6-14-10-12(2,3)9-13/h7-8,14H,4-6,10H2,1-3H3. The molecule has 0 bridgehead atoms. The van der Waals surface area contributed by atoms with E-state index in [1.165, 1.54) is 5.56 Å². The third-order valence-electron chi connectivity index (χ3n) is 2.34. The number of hydrogen-bond donors (Lipinski definition) is 1. The van der Waals surface area contributed by atoms with Gasteiger partial charge in [0.2, 0.25) is 0 Å². The summed E-state index contributed by atoms with van der Waals surface area (Å²) in [5, 5.41) is 16.4. The summed E-state index contributed by atoms with van der Waals surface area (Å²) < 4.78 is 1.95. The molecule has 0 spiro atoms. The van der Waals surface area contributed by atoms with E-state index in [1.807, 2.05) is 24.7 Å². The van der Waals surface area contributed by atoms with Crippen molar-refractivity contribution in [1.29, 1.82) is 5.26 Å². The first-order valence-electron chi connectivity index (χ1n) is 5.70. The topological polar surface area (TPSA) is 53.6 Å². The van der Waals surface area contributed by atoms with Crippen LogP contribution in [0.4, 0.5) is 0 Å². The third kappa shape index (κ3) is 4.03. The Morgan fingerprint density at radius 2 is 2.31 bits per heavy atom. The predicted molar refractivity (Wildman–Crippen MR) is 63.6 cm³/mol. The molecule has 0 unspecified atom stereocenters. The fourth-order valence-corrected chi connectivity index (χ4v) is 1.41. The molecule has 0 aliphatic rings. The van der Waals surface area contributed by atoms with Crippen molar-refractivity contribution in [3.05, 3.63) is 18.0 Å². The van der Waals surface area contributed by atoms with Crippen LogP contribution in [0, 0.1) is 16.7 Å². The van der Waals surface area contributed by atoms with Crippen LogP contribution >= 0.6 is 0 Å². The lowest BCUT2D eigenvalue weighted by Gasteiger charge is -2.15. The van der Waals surface area contributed by atoms with Gasteiger partial charge in [0.15, 0.2) is 0 Å². The molecule has 0 radical (unpaired) electrons. The van der Waals surface area contributed by atoms with Crippen LogP contribution in [0.1, 0.15) is 32.8 Å². The SMILES string of the molecule is CCCn1cc(CNCC(C)(C)C#N)cn1. The molecule has 0 saturated heterocycles. The minimum atomic E-state index is -0.306. The number of aryl methyl sites for hydroxylation is 1.